The lowest BCUT2D eigenvalue weighted by Gasteiger charge is -2.32. The van der Waals surface area contributed by atoms with Gasteiger partial charge in [-0.1, -0.05) is 12.1 Å². The van der Waals surface area contributed by atoms with E-state index < -0.39 is 0 Å². The first-order valence-corrected chi connectivity index (χ1v) is 9.92. The number of imidazole rings is 1. The van der Waals surface area contributed by atoms with Crippen LogP contribution in [0.1, 0.15) is 42.3 Å². The molecule has 2 N–H and O–H groups in total. The Morgan fingerprint density at radius 2 is 1.93 bits per heavy atom. The number of piperidine rings is 1. The molecule has 1 fully saturated rings. The van der Waals surface area contributed by atoms with Gasteiger partial charge in [-0.05, 0) is 43.5 Å². The number of fused-ring (bicyclic) bond motifs is 1. The molecule has 3 heterocycles. The Bertz CT molecular complexity index is 1040. The normalized spacial score (nSPS) is 15.0. The third-order valence-electron chi connectivity index (χ3n) is 5.40. The largest absolute Gasteiger partial charge is 0.459 e. The number of nitrogens with one attached hydrogen (secondary N) is 2. The number of aromatic nitrogens is 2. The second-order valence-electron chi connectivity index (χ2n) is 7.27. The first-order chi connectivity index (χ1) is 14.1. The van der Waals surface area contributed by atoms with Crippen LogP contribution in [0.3, 0.4) is 0 Å². The first kappa shape index (κ1) is 19.0. The fourth-order valence-electron chi connectivity index (χ4n) is 3.90. The average molecular weight is 396 g/mol. The maximum absolute atomic E-state index is 12.5. The third kappa shape index (κ3) is 4.11. The van der Waals surface area contributed by atoms with E-state index in [1.165, 1.54) is 6.26 Å². The van der Waals surface area contributed by atoms with Gasteiger partial charge in [0, 0.05) is 32.1 Å². The summed E-state index contributed by atoms with van der Waals surface area (Å²) < 4.78 is 6.85. The highest BCUT2D eigenvalue weighted by atomic mass is 16.3. The zero-order valence-electron chi connectivity index (χ0n) is 16.1. The highest BCUT2D eigenvalue weighted by molar-refractivity contribution is 5.91. The van der Waals surface area contributed by atoms with Crippen LogP contribution in [0.25, 0.3) is 11.0 Å². The van der Waals surface area contributed by atoms with Crippen molar-refractivity contribution < 1.29 is 14.0 Å². The fourth-order valence-corrected chi connectivity index (χ4v) is 3.90. The Balaban J connectivity index is 1.25. The summed E-state index contributed by atoms with van der Waals surface area (Å²) in [6.07, 6.45) is 3.92. The van der Waals surface area contributed by atoms with E-state index in [4.69, 9.17) is 4.42 Å². The topological polar surface area (TPSA) is 100 Å². The number of hydrogen-bond donors (Lipinski definition) is 2. The summed E-state index contributed by atoms with van der Waals surface area (Å²) in [4.78, 5) is 41.4. The van der Waals surface area contributed by atoms with Gasteiger partial charge in [0.2, 0.25) is 5.91 Å². The number of para-hydroxylation sites is 2. The van der Waals surface area contributed by atoms with Crippen molar-refractivity contribution >= 4 is 22.8 Å². The van der Waals surface area contributed by atoms with Gasteiger partial charge in [0.05, 0.1) is 17.3 Å². The summed E-state index contributed by atoms with van der Waals surface area (Å²) >= 11 is 0. The van der Waals surface area contributed by atoms with Crippen LogP contribution >= 0.6 is 0 Å². The molecule has 29 heavy (non-hydrogen) atoms. The molecule has 4 rings (SSSR count). The second kappa shape index (κ2) is 8.38. The van der Waals surface area contributed by atoms with Gasteiger partial charge < -0.3 is 19.6 Å². The number of carbonyl (C=O) groups excluding carboxylic acids is 2. The maximum atomic E-state index is 12.5. The van der Waals surface area contributed by atoms with Crippen molar-refractivity contribution in [2.24, 2.45) is 0 Å². The van der Waals surface area contributed by atoms with Crippen LogP contribution in [0.15, 0.2) is 51.9 Å². The predicted molar refractivity (Wildman–Crippen MR) is 108 cm³/mol. The fraction of sp³-hybridized carbons (Fsp3) is 0.381. The van der Waals surface area contributed by atoms with Crippen LogP contribution in [0.5, 0.6) is 0 Å². The summed E-state index contributed by atoms with van der Waals surface area (Å²) in [5.74, 6) is 0.0836. The van der Waals surface area contributed by atoms with Crippen LogP contribution < -0.4 is 11.0 Å². The van der Waals surface area contributed by atoms with Crippen molar-refractivity contribution in [2.75, 3.05) is 19.6 Å². The molecule has 2 amide bonds. The number of hydrogen-bond acceptors (Lipinski definition) is 4. The number of nitrogens with zero attached hydrogens (tertiary/aromatic N) is 2. The van der Waals surface area contributed by atoms with E-state index in [9.17, 15) is 14.4 Å². The molecular weight excluding hydrogens is 372 g/mol. The van der Waals surface area contributed by atoms with Crippen LogP contribution in [-0.4, -0.2) is 45.9 Å². The van der Waals surface area contributed by atoms with Gasteiger partial charge in [-0.25, -0.2) is 4.79 Å². The molecule has 8 heteroatoms. The van der Waals surface area contributed by atoms with Crippen molar-refractivity contribution in [3.63, 3.8) is 0 Å². The maximum Gasteiger partial charge on any atom is 0.326 e. The van der Waals surface area contributed by atoms with Crippen molar-refractivity contribution in [1.82, 2.24) is 19.8 Å². The SMILES string of the molecule is O=C(NCCCC(=O)N1CCC(n2c(=O)[nH]c3ccccc32)CC1)c1ccco1. The van der Waals surface area contributed by atoms with Gasteiger partial charge in [0.1, 0.15) is 0 Å². The van der Waals surface area contributed by atoms with E-state index in [0.717, 1.165) is 23.9 Å². The van der Waals surface area contributed by atoms with E-state index in [1.807, 2.05) is 33.7 Å². The van der Waals surface area contributed by atoms with E-state index in [2.05, 4.69) is 10.3 Å². The molecule has 0 spiro atoms. The molecular formula is C21H24N4O4. The van der Waals surface area contributed by atoms with Crippen LogP contribution in [-0.2, 0) is 4.79 Å². The molecule has 0 atom stereocenters. The number of furan rings is 1. The number of H-pyrrole nitrogens is 1. The van der Waals surface area contributed by atoms with E-state index in [0.29, 0.717) is 32.5 Å². The van der Waals surface area contributed by atoms with E-state index >= 15 is 0 Å². The highest BCUT2D eigenvalue weighted by Crippen LogP contribution is 2.25. The van der Waals surface area contributed by atoms with Gasteiger partial charge in [-0.3, -0.25) is 14.2 Å². The molecule has 2 aromatic heterocycles. The summed E-state index contributed by atoms with van der Waals surface area (Å²) in [5, 5.41) is 2.75. The predicted octanol–water partition coefficient (Wildman–Crippen LogP) is 2.30. The van der Waals surface area contributed by atoms with Gasteiger partial charge >= 0.3 is 5.69 Å². The number of amides is 2. The standard InChI is InChI=1S/C21H24N4O4/c26-19(8-3-11-22-20(27)18-7-4-14-29-18)24-12-9-15(10-13-24)25-17-6-2-1-5-16(17)23-21(25)28/h1-2,4-7,14-15H,3,8-13H2,(H,22,27)(H,23,28). The molecule has 0 saturated carbocycles. The van der Waals surface area contributed by atoms with Crippen LogP contribution in [0.2, 0.25) is 0 Å². The molecule has 1 aliphatic heterocycles. The van der Waals surface area contributed by atoms with Crippen molar-refractivity contribution in [2.45, 2.75) is 31.7 Å². The quantitative estimate of drug-likeness (QED) is 0.625. The summed E-state index contributed by atoms with van der Waals surface area (Å²) in [6, 6.07) is 11.0. The molecule has 0 bridgehead atoms. The van der Waals surface area contributed by atoms with Crippen molar-refractivity contribution in [3.8, 4) is 0 Å². The highest BCUT2D eigenvalue weighted by Gasteiger charge is 2.25. The molecule has 8 nitrogen and oxygen atoms in total. The summed E-state index contributed by atoms with van der Waals surface area (Å²) in [7, 11) is 0. The average Bonchev–Trinajstić information content (AvgIpc) is 3.38. The second-order valence-corrected chi connectivity index (χ2v) is 7.27. The Kier molecular flexibility index (Phi) is 5.50. The zero-order valence-corrected chi connectivity index (χ0v) is 16.1. The lowest BCUT2D eigenvalue weighted by Crippen LogP contribution is -2.40. The Labute approximate surface area is 167 Å². The van der Waals surface area contributed by atoms with Crippen molar-refractivity contribution in [3.05, 3.63) is 58.9 Å². The molecule has 152 valence electrons. The molecule has 1 saturated heterocycles. The van der Waals surface area contributed by atoms with Gasteiger partial charge in [-0.2, -0.15) is 0 Å². The van der Waals surface area contributed by atoms with Crippen molar-refractivity contribution in [1.29, 1.82) is 0 Å². The number of aromatic amines is 1. The summed E-state index contributed by atoms with van der Waals surface area (Å²) in [5.41, 5.74) is 1.66. The van der Waals surface area contributed by atoms with E-state index in [1.54, 1.807) is 12.1 Å². The monoisotopic (exact) mass is 396 g/mol. The molecule has 1 aromatic carbocycles. The number of rotatable bonds is 6. The smallest absolute Gasteiger partial charge is 0.326 e. The van der Waals surface area contributed by atoms with Gasteiger partial charge in [0.25, 0.3) is 5.91 Å². The lowest BCUT2D eigenvalue weighted by atomic mass is 10.0. The third-order valence-corrected chi connectivity index (χ3v) is 5.40. The Hall–Kier alpha value is -3.29. The Morgan fingerprint density at radius 3 is 2.69 bits per heavy atom. The zero-order chi connectivity index (χ0) is 20.2. The summed E-state index contributed by atoms with van der Waals surface area (Å²) in [6.45, 7) is 1.69. The minimum absolute atomic E-state index is 0.0852. The number of benzene rings is 1. The van der Waals surface area contributed by atoms with Crippen LogP contribution in [0.4, 0.5) is 0 Å². The van der Waals surface area contributed by atoms with Gasteiger partial charge in [0.15, 0.2) is 5.76 Å². The van der Waals surface area contributed by atoms with Gasteiger partial charge in [-0.15, -0.1) is 0 Å². The minimum atomic E-state index is -0.271. The first-order valence-electron chi connectivity index (χ1n) is 9.92. The van der Waals surface area contributed by atoms with Crippen LogP contribution in [0, 0.1) is 0 Å². The molecule has 0 radical (unpaired) electrons. The number of carbonyl (C=O) groups is 2. The van der Waals surface area contributed by atoms with E-state index in [-0.39, 0.29) is 29.3 Å². The minimum Gasteiger partial charge on any atom is -0.459 e. The molecule has 3 aromatic rings. The molecule has 0 aliphatic carbocycles. The molecule has 1 aliphatic rings. The molecule has 0 unspecified atom stereocenters. The lowest BCUT2D eigenvalue weighted by molar-refractivity contribution is -0.132. The number of likely N-dealkylation sites (tertiary alicyclic amines) is 1. The Morgan fingerprint density at radius 1 is 1.14 bits per heavy atom.